The monoisotopic (exact) mass is 354 g/mol. The average molecular weight is 354 g/mol. The van der Waals surface area contributed by atoms with E-state index in [9.17, 15) is 4.79 Å². The predicted octanol–water partition coefficient (Wildman–Crippen LogP) is 6.43. The molecule has 0 saturated carbocycles. The van der Waals surface area contributed by atoms with Crippen molar-refractivity contribution in [3.05, 3.63) is 58.7 Å². The maximum atomic E-state index is 12.3. The summed E-state index contributed by atoms with van der Waals surface area (Å²) in [6.07, 6.45) is 5.48. The Bertz CT molecular complexity index is 734. The molecule has 2 rings (SSSR count). The number of aryl methyl sites for hydroxylation is 2. The Morgan fingerprint density at radius 2 is 1.38 bits per heavy atom. The van der Waals surface area contributed by atoms with E-state index >= 15 is 0 Å². The fourth-order valence-corrected chi connectivity index (χ4v) is 3.28. The molecule has 26 heavy (non-hydrogen) atoms. The number of rotatable bonds is 8. The number of carbonyl (C=O) groups is 1. The molecule has 0 unspecified atom stereocenters. The summed E-state index contributed by atoms with van der Waals surface area (Å²) in [5.41, 5.74) is 4.78. The van der Waals surface area contributed by atoms with Crippen molar-refractivity contribution in [3.8, 4) is 11.5 Å². The largest absolute Gasteiger partial charge is 0.519 e. The van der Waals surface area contributed by atoms with E-state index in [1.54, 1.807) is 6.07 Å². The third-order valence-electron chi connectivity index (χ3n) is 4.48. The van der Waals surface area contributed by atoms with E-state index in [-0.39, 0.29) is 0 Å². The molecular formula is C23H30O3. The number of benzene rings is 2. The van der Waals surface area contributed by atoms with Crippen molar-refractivity contribution in [1.29, 1.82) is 0 Å². The van der Waals surface area contributed by atoms with Crippen LogP contribution >= 0.6 is 0 Å². The molecule has 3 heteroatoms. The van der Waals surface area contributed by atoms with Crippen molar-refractivity contribution >= 4 is 6.16 Å². The molecule has 0 amide bonds. The predicted molar refractivity (Wildman–Crippen MR) is 106 cm³/mol. The quantitative estimate of drug-likeness (QED) is 0.405. The Balaban J connectivity index is 2.28. The van der Waals surface area contributed by atoms with Crippen molar-refractivity contribution in [3.63, 3.8) is 0 Å². The third-order valence-corrected chi connectivity index (χ3v) is 4.48. The van der Waals surface area contributed by atoms with E-state index in [1.165, 1.54) is 11.1 Å². The van der Waals surface area contributed by atoms with E-state index in [0.717, 1.165) is 49.7 Å². The van der Waals surface area contributed by atoms with Gasteiger partial charge in [-0.3, -0.25) is 0 Å². The summed E-state index contributed by atoms with van der Waals surface area (Å²) < 4.78 is 11.0. The summed E-state index contributed by atoms with van der Waals surface area (Å²) >= 11 is 0. The van der Waals surface area contributed by atoms with Crippen molar-refractivity contribution in [2.75, 3.05) is 0 Å². The molecule has 2 aromatic carbocycles. The molecule has 0 N–H and O–H groups in total. The maximum Gasteiger partial charge on any atom is 0.519 e. The highest BCUT2D eigenvalue weighted by molar-refractivity contribution is 5.68. The van der Waals surface area contributed by atoms with E-state index < -0.39 is 6.16 Å². The second-order valence-corrected chi connectivity index (χ2v) is 6.65. The first-order chi connectivity index (χ1) is 12.6. The highest BCUT2D eigenvalue weighted by Gasteiger charge is 2.17. The second-order valence-electron chi connectivity index (χ2n) is 6.65. The molecule has 140 valence electrons. The molecule has 0 aliphatic heterocycles. The van der Waals surface area contributed by atoms with Crippen molar-refractivity contribution in [2.45, 2.75) is 66.2 Å². The van der Waals surface area contributed by atoms with Gasteiger partial charge in [-0.1, -0.05) is 64.3 Å². The summed E-state index contributed by atoms with van der Waals surface area (Å²) in [6.45, 7) is 8.44. The number of carbonyl (C=O) groups excluding carboxylic acids is 1. The molecule has 0 saturated heterocycles. The van der Waals surface area contributed by atoms with Crippen molar-refractivity contribution in [2.24, 2.45) is 0 Å². The van der Waals surface area contributed by atoms with Crippen LogP contribution in [0.1, 0.15) is 62.3 Å². The fourth-order valence-electron chi connectivity index (χ4n) is 3.28. The van der Waals surface area contributed by atoms with Gasteiger partial charge in [-0.05, 0) is 60.6 Å². The van der Waals surface area contributed by atoms with Gasteiger partial charge >= 0.3 is 6.16 Å². The highest BCUT2D eigenvalue weighted by atomic mass is 16.7. The number of hydrogen-bond acceptors (Lipinski definition) is 3. The Hall–Kier alpha value is -2.29. The fraction of sp³-hybridized carbons (Fsp3) is 0.435. The van der Waals surface area contributed by atoms with Crippen molar-refractivity contribution < 1.29 is 14.3 Å². The molecule has 0 atom stereocenters. The number of hydrogen-bond donors (Lipinski definition) is 0. The topological polar surface area (TPSA) is 35.5 Å². The molecule has 0 fully saturated rings. The van der Waals surface area contributed by atoms with E-state index in [1.807, 2.05) is 31.2 Å². The number of para-hydroxylation sites is 1. The summed E-state index contributed by atoms with van der Waals surface area (Å²) in [5, 5.41) is 0. The second kappa shape index (κ2) is 10.0. The molecular weight excluding hydrogens is 324 g/mol. The minimum Gasteiger partial charge on any atom is -0.394 e. The molecule has 0 aliphatic rings. The van der Waals surface area contributed by atoms with Gasteiger partial charge in [0.05, 0.1) is 0 Å². The SMILES string of the molecule is CCCc1ccc(OC(=O)Oc2ccccc2C)c(CCC)c1CCC. The minimum absolute atomic E-state index is 0.533. The van der Waals surface area contributed by atoms with Crippen LogP contribution in [-0.2, 0) is 19.3 Å². The zero-order valence-electron chi connectivity index (χ0n) is 16.4. The van der Waals surface area contributed by atoms with Crippen LogP contribution in [0.25, 0.3) is 0 Å². The molecule has 0 radical (unpaired) electrons. The lowest BCUT2D eigenvalue weighted by Crippen LogP contribution is -2.16. The first-order valence-corrected chi connectivity index (χ1v) is 9.69. The van der Waals surface area contributed by atoms with Gasteiger partial charge in [0.1, 0.15) is 11.5 Å². The summed E-state index contributed by atoms with van der Waals surface area (Å²) in [4.78, 5) is 12.3. The first-order valence-electron chi connectivity index (χ1n) is 9.69. The minimum atomic E-state index is -0.678. The molecule has 0 spiro atoms. The first kappa shape index (κ1) is 20.0. The summed E-state index contributed by atoms with van der Waals surface area (Å²) in [5.74, 6) is 1.17. The van der Waals surface area contributed by atoms with E-state index in [0.29, 0.717) is 11.5 Å². The molecule has 0 aliphatic carbocycles. The lowest BCUT2D eigenvalue weighted by atomic mass is 9.91. The van der Waals surface area contributed by atoms with Gasteiger partial charge in [-0.25, -0.2) is 4.79 Å². The Labute approximate surface area is 157 Å². The van der Waals surface area contributed by atoms with Gasteiger partial charge in [0.25, 0.3) is 0 Å². The average Bonchev–Trinajstić information content (AvgIpc) is 2.62. The maximum absolute atomic E-state index is 12.3. The van der Waals surface area contributed by atoms with Crippen LogP contribution in [0.5, 0.6) is 11.5 Å². The van der Waals surface area contributed by atoms with Crippen LogP contribution in [-0.4, -0.2) is 6.16 Å². The van der Waals surface area contributed by atoms with Gasteiger partial charge in [0.15, 0.2) is 0 Å². The van der Waals surface area contributed by atoms with Gasteiger partial charge < -0.3 is 9.47 Å². The van der Waals surface area contributed by atoms with Gasteiger partial charge in [-0.2, -0.15) is 0 Å². The zero-order chi connectivity index (χ0) is 18.9. The molecule has 0 bridgehead atoms. The Morgan fingerprint density at radius 1 is 0.769 bits per heavy atom. The van der Waals surface area contributed by atoms with Crippen LogP contribution in [0.4, 0.5) is 4.79 Å². The normalized spacial score (nSPS) is 10.6. The smallest absolute Gasteiger partial charge is 0.394 e. The Kier molecular flexibility index (Phi) is 7.71. The van der Waals surface area contributed by atoms with Crippen molar-refractivity contribution in [1.82, 2.24) is 0 Å². The lowest BCUT2D eigenvalue weighted by molar-refractivity contribution is 0.151. The van der Waals surface area contributed by atoms with Gasteiger partial charge in [-0.15, -0.1) is 0 Å². The van der Waals surface area contributed by atoms with Gasteiger partial charge in [0, 0.05) is 0 Å². The van der Waals surface area contributed by atoms with Crippen LogP contribution in [0, 0.1) is 6.92 Å². The molecule has 3 nitrogen and oxygen atoms in total. The third kappa shape index (κ3) is 5.10. The highest BCUT2D eigenvalue weighted by Crippen LogP contribution is 2.30. The van der Waals surface area contributed by atoms with Crippen LogP contribution in [0.3, 0.4) is 0 Å². The molecule has 0 aromatic heterocycles. The van der Waals surface area contributed by atoms with Crippen LogP contribution in [0.2, 0.25) is 0 Å². The molecule has 0 heterocycles. The lowest BCUT2D eigenvalue weighted by Gasteiger charge is -2.18. The summed E-state index contributed by atoms with van der Waals surface area (Å²) in [7, 11) is 0. The standard InChI is InChI=1S/C23H30O3/c1-5-10-18-15-16-22(20(12-7-3)19(18)11-6-2)26-23(24)25-21-14-9-8-13-17(21)4/h8-9,13-16H,5-7,10-12H2,1-4H3. The van der Waals surface area contributed by atoms with E-state index in [4.69, 9.17) is 9.47 Å². The van der Waals surface area contributed by atoms with Gasteiger partial charge in [0.2, 0.25) is 0 Å². The van der Waals surface area contributed by atoms with Crippen LogP contribution in [0.15, 0.2) is 36.4 Å². The van der Waals surface area contributed by atoms with Crippen LogP contribution < -0.4 is 9.47 Å². The van der Waals surface area contributed by atoms with E-state index in [2.05, 4.69) is 26.8 Å². The zero-order valence-corrected chi connectivity index (χ0v) is 16.4. The summed E-state index contributed by atoms with van der Waals surface area (Å²) in [6, 6.07) is 11.5. The Morgan fingerprint density at radius 3 is 2.04 bits per heavy atom. The number of ether oxygens (including phenoxy) is 2. The molecule has 2 aromatic rings.